The lowest BCUT2D eigenvalue weighted by molar-refractivity contribution is -0.142. The number of nitrogens with zero attached hydrogens (tertiary/aromatic N) is 1. The second-order valence-corrected chi connectivity index (χ2v) is 7.49. The number of benzene rings is 1. The van der Waals surface area contributed by atoms with Crippen LogP contribution in [0, 0.1) is 11.8 Å². The third-order valence-electron chi connectivity index (χ3n) is 5.31. The molecule has 2 aliphatic heterocycles. The Morgan fingerprint density at radius 2 is 2.21 bits per heavy atom. The maximum absolute atomic E-state index is 11.5. The number of fused-ring (bicyclic) bond motifs is 1. The standard InChI is InChI=1S/C18H24BClN2O2/c19-5-1-2-13-9-22(11-17(13)18(23)24)10-16-7-14-6-15(20)4-3-12(14)8-21-16/h3-4,6,13,16-17,21H,1-2,5,7-11H2,(H,23,24)/t13-,16?,17+/m0/s1. The maximum atomic E-state index is 11.5. The monoisotopic (exact) mass is 346 g/mol. The number of aliphatic carboxylic acids is 1. The largest absolute Gasteiger partial charge is 0.481 e. The van der Waals surface area contributed by atoms with Crippen LogP contribution in [0.4, 0.5) is 0 Å². The number of likely N-dealkylation sites (tertiary alicyclic amines) is 1. The van der Waals surface area contributed by atoms with Crippen molar-refractivity contribution in [2.45, 2.75) is 38.2 Å². The minimum atomic E-state index is -0.673. The van der Waals surface area contributed by atoms with Gasteiger partial charge < -0.3 is 15.3 Å². The van der Waals surface area contributed by atoms with Gasteiger partial charge >= 0.3 is 5.97 Å². The molecule has 0 bridgehead atoms. The number of hydrogen-bond donors (Lipinski definition) is 2. The van der Waals surface area contributed by atoms with Gasteiger partial charge in [-0.15, -0.1) is 0 Å². The average Bonchev–Trinajstić information content (AvgIpc) is 2.95. The van der Waals surface area contributed by atoms with E-state index in [0.29, 0.717) is 18.9 Å². The second-order valence-electron chi connectivity index (χ2n) is 7.05. The molecule has 0 aromatic heterocycles. The van der Waals surface area contributed by atoms with Crippen molar-refractivity contribution in [2.24, 2.45) is 11.8 Å². The average molecular weight is 347 g/mol. The number of carbonyl (C=O) groups is 1. The molecule has 1 unspecified atom stereocenters. The van der Waals surface area contributed by atoms with Gasteiger partial charge in [0.2, 0.25) is 0 Å². The fourth-order valence-corrected chi connectivity index (χ4v) is 4.25. The number of hydrogen-bond acceptors (Lipinski definition) is 3. The van der Waals surface area contributed by atoms with Gasteiger partial charge in [-0.2, -0.15) is 0 Å². The number of carboxylic acids is 1. The van der Waals surface area contributed by atoms with Gasteiger partial charge in [0, 0.05) is 37.2 Å². The van der Waals surface area contributed by atoms with Crippen molar-refractivity contribution in [3.8, 4) is 0 Å². The molecule has 6 heteroatoms. The highest BCUT2D eigenvalue weighted by molar-refractivity contribution is 6.30. The molecule has 3 rings (SSSR count). The summed E-state index contributed by atoms with van der Waals surface area (Å²) in [6.07, 6.45) is 3.37. The smallest absolute Gasteiger partial charge is 0.308 e. The predicted octanol–water partition coefficient (Wildman–Crippen LogP) is 2.35. The van der Waals surface area contributed by atoms with Crippen LogP contribution in [-0.2, 0) is 17.8 Å². The SMILES string of the molecule is [B]CCC[C@H]1CN(CC2Cc3cc(Cl)ccc3CN2)C[C@H]1C(=O)O. The van der Waals surface area contributed by atoms with Gasteiger partial charge in [-0.05, 0) is 42.0 Å². The Bertz CT molecular complexity index is 598. The first-order chi connectivity index (χ1) is 11.6. The number of rotatable bonds is 6. The van der Waals surface area contributed by atoms with Crippen LogP contribution in [0.25, 0.3) is 0 Å². The van der Waals surface area contributed by atoms with E-state index >= 15 is 0 Å². The first-order valence-corrected chi connectivity index (χ1v) is 9.10. The van der Waals surface area contributed by atoms with Gasteiger partial charge in [-0.3, -0.25) is 4.79 Å². The molecule has 24 heavy (non-hydrogen) atoms. The molecular formula is C18H24BClN2O2. The first kappa shape index (κ1) is 17.8. The summed E-state index contributed by atoms with van der Waals surface area (Å²) >= 11 is 6.11. The van der Waals surface area contributed by atoms with Crippen molar-refractivity contribution < 1.29 is 9.90 Å². The van der Waals surface area contributed by atoms with E-state index in [9.17, 15) is 9.90 Å². The summed E-state index contributed by atoms with van der Waals surface area (Å²) in [5.41, 5.74) is 2.61. The summed E-state index contributed by atoms with van der Waals surface area (Å²) in [5.74, 6) is -0.716. The van der Waals surface area contributed by atoms with Crippen LogP contribution in [0.1, 0.15) is 24.0 Å². The van der Waals surface area contributed by atoms with E-state index in [1.165, 1.54) is 11.1 Å². The zero-order valence-electron chi connectivity index (χ0n) is 13.9. The highest BCUT2D eigenvalue weighted by Crippen LogP contribution is 2.29. The van der Waals surface area contributed by atoms with Crippen LogP contribution in [-0.4, -0.2) is 49.5 Å². The molecule has 1 saturated heterocycles. The maximum Gasteiger partial charge on any atom is 0.308 e. The van der Waals surface area contributed by atoms with Gasteiger partial charge in [0.1, 0.15) is 0 Å². The van der Waals surface area contributed by atoms with Crippen molar-refractivity contribution in [1.29, 1.82) is 0 Å². The molecule has 1 aromatic carbocycles. The summed E-state index contributed by atoms with van der Waals surface area (Å²) in [7, 11) is 5.59. The van der Waals surface area contributed by atoms with E-state index in [2.05, 4.69) is 22.3 Å². The molecule has 0 spiro atoms. The Morgan fingerprint density at radius 1 is 1.38 bits per heavy atom. The van der Waals surface area contributed by atoms with Crippen LogP contribution in [0.2, 0.25) is 11.3 Å². The zero-order chi connectivity index (χ0) is 17.1. The predicted molar refractivity (Wildman–Crippen MR) is 96.6 cm³/mol. The topological polar surface area (TPSA) is 52.6 Å². The van der Waals surface area contributed by atoms with E-state index in [4.69, 9.17) is 19.4 Å². The summed E-state index contributed by atoms with van der Waals surface area (Å²) < 4.78 is 0. The fourth-order valence-electron chi connectivity index (χ4n) is 4.05. The van der Waals surface area contributed by atoms with E-state index in [1.54, 1.807) is 0 Å². The molecule has 1 fully saturated rings. The van der Waals surface area contributed by atoms with Crippen molar-refractivity contribution in [3.63, 3.8) is 0 Å². The Labute approximate surface area is 150 Å². The molecule has 0 aliphatic carbocycles. The Hall–Kier alpha value is -1.04. The first-order valence-electron chi connectivity index (χ1n) is 8.72. The number of halogens is 1. The number of nitrogens with one attached hydrogen (secondary N) is 1. The van der Waals surface area contributed by atoms with Crippen molar-refractivity contribution in [3.05, 3.63) is 34.3 Å². The summed E-state index contributed by atoms with van der Waals surface area (Å²) in [4.78, 5) is 13.8. The Balaban J connectivity index is 1.59. The van der Waals surface area contributed by atoms with Crippen LogP contribution < -0.4 is 5.32 Å². The fraction of sp³-hybridized carbons (Fsp3) is 0.611. The lowest BCUT2D eigenvalue weighted by Gasteiger charge is -2.30. The highest BCUT2D eigenvalue weighted by Gasteiger charge is 2.37. The van der Waals surface area contributed by atoms with Gasteiger partial charge in [0.05, 0.1) is 13.8 Å². The lowest BCUT2D eigenvalue weighted by atomic mass is 9.88. The normalized spacial score (nSPS) is 27.1. The molecule has 128 valence electrons. The molecule has 2 N–H and O–H groups in total. The summed E-state index contributed by atoms with van der Waals surface area (Å²) in [6.45, 7) is 3.24. The van der Waals surface area contributed by atoms with Crippen LogP contribution in [0.3, 0.4) is 0 Å². The Kier molecular flexibility index (Phi) is 5.85. The van der Waals surface area contributed by atoms with Gasteiger partial charge in [-0.1, -0.05) is 30.4 Å². The zero-order valence-corrected chi connectivity index (χ0v) is 14.6. The van der Waals surface area contributed by atoms with E-state index in [1.807, 2.05) is 6.07 Å². The van der Waals surface area contributed by atoms with Crippen molar-refractivity contribution >= 4 is 25.4 Å². The van der Waals surface area contributed by atoms with E-state index in [0.717, 1.165) is 43.9 Å². The van der Waals surface area contributed by atoms with Crippen molar-refractivity contribution in [2.75, 3.05) is 19.6 Å². The van der Waals surface area contributed by atoms with Crippen LogP contribution >= 0.6 is 11.6 Å². The minimum absolute atomic E-state index is 0.219. The molecule has 2 radical (unpaired) electrons. The molecule has 4 nitrogen and oxygen atoms in total. The lowest BCUT2D eigenvalue weighted by Crippen LogP contribution is -2.44. The molecule has 2 heterocycles. The van der Waals surface area contributed by atoms with E-state index in [-0.39, 0.29) is 11.8 Å². The van der Waals surface area contributed by atoms with Crippen LogP contribution in [0.15, 0.2) is 18.2 Å². The number of carboxylic acid groups (broad SMARTS) is 1. The molecular weight excluding hydrogens is 322 g/mol. The van der Waals surface area contributed by atoms with Crippen molar-refractivity contribution in [1.82, 2.24) is 10.2 Å². The summed E-state index contributed by atoms with van der Waals surface area (Å²) in [5, 5.41) is 13.8. The second kappa shape index (κ2) is 7.90. The molecule has 1 aromatic rings. The molecule has 2 aliphatic rings. The van der Waals surface area contributed by atoms with Crippen LogP contribution in [0.5, 0.6) is 0 Å². The third-order valence-corrected chi connectivity index (χ3v) is 5.54. The molecule has 0 saturated carbocycles. The van der Waals surface area contributed by atoms with Gasteiger partial charge in [0.25, 0.3) is 0 Å². The summed E-state index contributed by atoms with van der Waals surface area (Å²) in [6, 6.07) is 6.42. The van der Waals surface area contributed by atoms with Gasteiger partial charge in [0.15, 0.2) is 0 Å². The molecule has 0 amide bonds. The third kappa shape index (κ3) is 4.13. The van der Waals surface area contributed by atoms with E-state index < -0.39 is 5.97 Å². The minimum Gasteiger partial charge on any atom is -0.481 e. The Morgan fingerprint density at radius 3 is 2.96 bits per heavy atom. The highest BCUT2D eigenvalue weighted by atomic mass is 35.5. The quantitative estimate of drug-likeness (QED) is 0.777. The molecule has 3 atom stereocenters. The van der Waals surface area contributed by atoms with Gasteiger partial charge in [-0.25, -0.2) is 0 Å².